The Morgan fingerprint density at radius 2 is 1.76 bits per heavy atom. The van der Waals surface area contributed by atoms with E-state index in [2.05, 4.69) is 29.8 Å². The highest BCUT2D eigenvalue weighted by Crippen LogP contribution is 2.30. The summed E-state index contributed by atoms with van der Waals surface area (Å²) in [6.45, 7) is 18.7. The molecule has 0 amide bonds. The van der Waals surface area contributed by atoms with Gasteiger partial charge in [-0.15, -0.1) is 0 Å². The lowest BCUT2D eigenvalue weighted by molar-refractivity contribution is 0.445. The van der Waals surface area contributed by atoms with E-state index in [1.807, 2.05) is 41.5 Å². The largest absolute Gasteiger partial charge is 0.356 e. The van der Waals surface area contributed by atoms with E-state index >= 15 is 0 Å². The van der Waals surface area contributed by atoms with Crippen molar-refractivity contribution in [1.29, 1.82) is 0 Å². The average Bonchev–Trinajstić information content (AvgIpc) is 2.63. The summed E-state index contributed by atoms with van der Waals surface area (Å²) >= 11 is 0. The van der Waals surface area contributed by atoms with Crippen LogP contribution in [-0.4, -0.2) is 28.0 Å². The first-order chi connectivity index (χ1) is 12.1. The number of aromatic nitrogens is 3. The predicted molar refractivity (Wildman–Crippen MR) is 109 cm³/mol. The van der Waals surface area contributed by atoms with E-state index in [-0.39, 0.29) is 0 Å². The maximum absolute atomic E-state index is 4.77. The zero-order valence-electron chi connectivity index (χ0n) is 17.5. The summed E-state index contributed by atoms with van der Waals surface area (Å²) < 4.78 is 0. The number of hydrogen-bond acceptors (Lipinski definition) is 4. The van der Waals surface area contributed by atoms with Crippen molar-refractivity contribution in [2.45, 2.75) is 74.7 Å². The van der Waals surface area contributed by atoms with Gasteiger partial charge in [0.15, 0.2) is 0 Å². The SMILES string of the molecule is CC.CC.CCc1nc(C)cc2nc(C)nc(N3CCCC(C)C3)c12. The number of hydrogen-bond donors (Lipinski definition) is 0. The molecule has 3 heterocycles. The van der Waals surface area contributed by atoms with Crippen LogP contribution in [0.2, 0.25) is 0 Å². The van der Waals surface area contributed by atoms with E-state index in [1.165, 1.54) is 12.8 Å². The first kappa shape index (κ1) is 21.3. The topological polar surface area (TPSA) is 41.9 Å². The fourth-order valence-electron chi connectivity index (χ4n) is 3.33. The van der Waals surface area contributed by atoms with Crippen LogP contribution in [0.25, 0.3) is 10.9 Å². The summed E-state index contributed by atoms with van der Waals surface area (Å²) in [4.78, 5) is 16.6. The van der Waals surface area contributed by atoms with Gasteiger partial charge in [0.2, 0.25) is 0 Å². The smallest absolute Gasteiger partial charge is 0.142 e. The molecule has 1 saturated heterocycles. The molecule has 1 fully saturated rings. The highest BCUT2D eigenvalue weighted by molar-refractivity contribution is 5.92. The Balaban J connectivity index is 0.000000730. The van der Waals surface area contributed by atoms with Crippen LogP contribution in [-0.2, 0) is 6.42 Å². The molecular formula is C21H36N4. The van der Waals surface area contributed by atoms with Gasteiger partial charge in [-0.05, 0) is 45.1 Å². The molecule has 140 valence electrons. The van der Waals surface area contributed by atoms with Gasteiger partial charge in [-0.2, -0.15) is 0 Å². The standard InChI is InChI=1S/C17H24N4.2C2H6/c1-5-14-16-15(9-12(3)18-14)19-13(4)20-17(16)21-8-6-7-11(2)10-21;2*1-2/h9,11H,5-8,10H2,1-4H3;2*1-2H3. The lowest BCUT2D eigenvalue weighted by atomic mass is 9.99. The normalized spacial score (nSPS) is 16.6. The van der Waals surface area contributed by atoms with E-state index in [0.29, 0.717) is 0 Å². The van der Waals surface area contributed by atoms with E-state index < -0.39 is 0 Å². The second-order valence-corrected chi connectivity index (χ2v) is 6.25. The quantitative estimate of drug-likeness (QED) is 0.722. The maximum atomic E-state index is 4.77. The number of pyridine rings is 1. The second kappa shape index (κ2) is 10.3. The summed E-state index contributed by atoms with van der Waals surface area (Å²) in [6.07, 6.45) is 3.48. The summed E-state index contributed by atoms with van der Waals surface area (Å²) in [7, 11) is 0. The molecule has 0 saturated carbocycles. The Labute approximate surface area is 154 Å². The minimum atomic E-state index is 0.729. The minimum absolute atomic E-state index is 0.729. The predicted octanol–water partition coefficient (Wildman–Crippen LogP) is 5.49. The number of aryl methyl sites for hydroxylation is 3. The molecule has 0 aliphatic carbocycles. The van der Waals surface area contributed by atoms with Crippen molar-refractivity contribution in [1.82, 2.24) is 15.0 Å². The summed E-state index contributed by atoms with van der Waals surface area (Å²) in [5.74, 6) is 2.67. The van der Waals surface area contributed by atoms with Crippen LogP contribution >= 0.6 is 0 Å². The van der Waals surface area contributed by atoms with Gasteiger partial charge in [0.1, 0.15) is 11.6 Å². The molecule has 0 spiro atoms. The third-order valence-corrected chi connectivity index (χ3v) is 4.27. The highest BCUT2D eigenvalue weighted by Gasteiger charge is 2.22. The van der Waals surface area contributed by atoms with Gasteiger partial charge in [-0.25, -0.2) is 9.97 Å². The van der Waals surface area contributed by atoms with Crippen molar-refractivity contribution in [2.24, 2.45) is 5.92 Å². The van der Waals surface area contributed by atoms with Gasteiger partial charge in [0.25, 0.3) is 0 Å². The van der Waals surface area contributed by atoms with Crippen LogP contribution in [0.3, 0.4) is 0 Å². The van der Waals surface area contributed by atoms with Gasteiger partial charge in [-0.3, -0.25) is 4.98 Å². The van der Waals surface area contributed by atoms with Crippen LogP contribution < -0.4 is 4.90 Å². The molecule has 0 radical (unpaired) electrons. The van der Waals surface area contributed by atoms with E-state index in [4.69, 9.17) is 9.97 Å². The van der Waals surface area contributed by atoms with E-state index in [9.17, 15) is 0 Å². The molecule has 2 aromatic heterocycles. The molecule has 1 aliphatic rings. The summed E-state index contributed by atoms with van der Waals surface area (Å²) in [6, 6.07) is 2.08. The first-order valence-corrected chi connectivity index (χ1v) is 9.98. The number of rotatable bonds is 2. The van der Waals surface area contributed by atoms with Crippen LogP contribution in [0.4, 0.5) is 5.82 Å². The Morgan fingerprint density at radius 1 is 1.08 bits per heavy atom. The Hall–Kier alpha value is -1.71. The van der Waals surface area contributed by atoms with Crippen LogP contribution in [0.15, 0.2) is 6.07 Å². The molecule has 0 N–H and O–H groups in total. The van der Waals surface area contributed by atoms with Crippen molar-refractivity contribution in [2.75, 3.05) is 18.0 Å². The van der Waals surface area contributed by atoms with Crippen LogP contribution in [0, 0.1) is 19.8 Å². The highest BCUT2D eigenvalue weighted by atomic mass is 15.2. The van der Waals surface area contributed by atoms with Gasteiger partial charge in [-0.1, -0.05) is 41.5 Å². The van der Waals surface area contributed by atoms with Gasteiger partial charge < -0.3 is 4.90 Å². The van der Waals surface area contributed by atoms with E-state index in [1.54, 1.807) is 0 Å². The number of nitrogens with zero attached hydrogens (tertiary/aromatic N) is 4. The van der Waals surface area contributed by atoms with Crippen molar-refractivity contribution >= 4 is 16.7 Å². The Morgan fingerprint density at radius 3 is 2.36 bits per heavy atom. The molecule has 25 heavy (non-hydrogen) atoms. The lowest BCUT2D eigenvalue weighted by Crippen LogP contribution is -2.35. The second-order valence-electron chi connectivity index (χ2n) is 6.25. The molecular weight excluding hydrogens is 308 g/mol. The van der Waals surface area contributed by atoms with Crippen molar-refractivity contribution in [3.8, 4) is 0 Å². The fourth-order valence-corrected chi connectivity index (χ4v) is 3.33. The Bertz CT molecular complexity index is 661. The molecule has 4 heteroatoms. The monoisotopic (exact) mass is 344 g/mol. The maximum Gasteiger partial charge on any atom is 0.142 e. The van der Waals surface area contributed by atoms with Gasteiger partial charge >= 0.3 is 0 Å². The lowest BCUT2D eigenvalue weighted by Gasteiger charge is -2.33. The first-order valence-electron chi connectivity index (χ1n) is 9.98. The zero-order chi connectivity index (χ0) is 19.0. The third-order valence-electron chi connectivity index (χ3n) is 4.27. The summed E-state index contributed by atoms with van der Waals surface area (Å²) in [5.41, 5.74) is 3.20. The number of piperidine rings is 1. The van der Waals surface area contributed by atoms with Crippen molar-refractivity contribution in [3.63, 3.8) is 0 Å². The molecule has 2 aromatic rings. The number of anilines is 1. The van der Waals surface area contributed by atoms with Crippen molar-refractivity contribution < 1.29 is 0 Å². The fraction of sp³-hybridized carbons (Fsp3) is 0.667. The van der Waals surface area contributed by atoms with Gasteiger partial charge in [0, 0.05) is 18.8 Å². The van der Waals surface area contributed by atoms with Crippen LogP contribution in [0.1, 0.15) is 71.6 Å². The summed E-state index contributed by atoms with van der Waals surface area (Å²) in [5, 5.41) is 1.16. The van der Waals surface area contributed by atoms with Crippen molar-refractivity contribution in [3.05, 3.63) is 23.3 Å². The zero-order valence-corrected chi connectivity index (χ0v) is 17.5. The number of fused-ring (bicyclic) bond motifs is 1. The molecule has 1 atom stereocenters. The molecule has 0 aromatic carbocycles. The molecule has 0 bridgehead atoms. The van der Waals surface area contributed by atoms with Gasteiger partial charge in [0.05, 0.1) is 16.6 Å². The molecule has 1 unspecified atom stereocenters. The molecule has 3 rings (SSSR count). The minimum Gasteiger partial charge on any atom is -0.356 e. The Kier molecular flexibility index (Phi) is 8.81. The average molecular weight is 345 g/mol. The molecule has 4 nitrogen and oxygen atoms in total. The molecule has 1 aliphatic heterocycles. The third kappa shape index (κ3) is 5.13. The van der Waals surface area contributed by atoms with E-state index in [0.717, 1.165) is 59.4 Å². The van der Waals surface area contributed by atoms with Crippen LogP contribution in [0.5, 0.6) is 0 Å².